The summed E-state index contributed by atoms with van der Waals surface area (Å²) in [6.45, 7) is 1.21. The van der Waals surface area contributed by atoms with E-state index >= 15 is 0 Å². The topological polar surface area (TPSA) is 18.5 Å². The number of ether oxygens (including phenoxy) is 2. The lowest BCUT2D eigenvalue weighted by Crippen LogP contribution is -2.02. The van der Waals surface area contributed by atoms with Crippen molar-refractivity contribution in [2.45, 2.75) is 32.5 Å². The number of halogens is 1. The molecule has 2 aromatic rings. The summed E-state index contributed by atoms with van der Waals surface area (Å²) in [6.07, 6.45) is 3.45. The number of aryl methyl sites for hydroxylation is 1. The van der Waals surface area contributed by atoms with E-state index in [1.807, 2.05) is 18.2 Å². The predicted molar refractivity (Wildman–Crippen MR) is 87.7 cm³/mol. The Hall–Kier alpha value is -1.32. The number of fused-ring (bicyclic) bond motifs is 1. The minimum atomic E-state index is 0.600. The van der Waals surface area contributed by atoms with Crippen LogP contribution in [0.5, 0.6) is 5.75 Å². The van der Waals surface area contributed by atoms with E-state index in [9.17, 15) is 0 Å². The minimum Gasteiger partial charge on any atom is -0.487 e. The van der Waals surface area contributed by atoms with Crippen LogP contribution >= 0.6 is 15.9 Å². The van der Waals surface area contributed by atoms with Gasteiger partial charge in [-0.2, -0.15) is 0 Å². The van der Waals surface area contributed by atoms with Crippen molar-refractivity contribution in [3.63, 3.8) is 0 Å². The molecule has 0 radical (unpaired) electrons. The SMILES string of the molecule is COCc1cc2c(c(OCc3ccccc3)c1Br)CCC2. The summed E-state index contributed by atoms with van der Waals surface area (Å²) in [7, 11) is 1.73. The Labute approximate surface area is 134 Å². The fraction of sp³-hybridized carbons (Fsp3) is 0.333. The predicted octanol–water partition coefficient (Wildman–Crippen LogP) is 4.66. The van der Waals surface area contributed by atoms with E-state index in [1.165, 1.54) is 28.7 Å². The molecule has 0 fully saturated rings. The van der Waals surface area contributed by atoms with Crippen LogP contribution in [0.15, 0.2) is 40.9 Å². The monoisotopic (exact) mass is 346 g/mol. The molecule has 0 aliphatic heterocycles. The van der Waals surface area contributed by atoms with Crippen LogP contribution in [0.3, 0.4) is 0 Å². The van der Waals surface area contributed by atoms with Gasteiger partial charge in [0, 0.05) is 7.11 Å². The summed E-state index contributed by atoms with van der Waals surface area (Å²) < 4.78 is 12.5. The van der Waals surface area contributed by atoms with Crippen molar-refractivity contribution in [3.8, 4) is 5.75 Å². The molecule has 3 heteroatoms. The highest BCUT2D eigenvalue weighted by Gasteiger charge is 2.21. The molecule has 0 saturated heterocycles. The molecule has 0 bridgehead atoms. The van der Waals surface area contributed by atoms with Gasteiger partial charge in [0.2, 0.25) is 0 Å². The van der Waals surface area contributed by atoms with E-state index in [2.05, 4.69) is 34.1 Å². The van der Waals surface area contributed by atoms with Gasteiger partial charge in [-0.3, -0.25) is 0 Å². The number of hydrogen-bond donors (Lipinski definition) is 0. The van der Waals surface area contributed by atoms with Crippen molar-refractivity contribution >= 4 is 15.9 Å². The van der Waals surface area contributed by atoms with Crippen LogP contribution in [0, 0.1) is 0 Å². The van der Waals surface area contributed by atoms with Crippen LogP contribution in [0.2, 0.25) is 0 Å². The molecule has 0 unspecified atom stereocenters. The summed E-state index contributed by atoms with van der Waals surface area (Å²) in [5, 5.41) is 0. The van der Waals surface area contributed by atoms with E-state index in [4.69, 9.17) is 9.47 Å². The quantitative estimate of drug-likeness (QED) is 0.783. The van der Waals surface area contributed by atoms with Gasteiger partial charge in [0.05, 0.1) is 11.1 Å². The van der Waals surface area contributed by atoms with Crippen molar-refractivity contribution in [2.24, 2.45) is 0 Å². The fourth-order valence-electron chi connectivity index (χ4n) is 2.88. The number of benzene rings is 2. The van der Waals surface area contributed by atoms with Crippen LogP contribution in [-0.2, 0) is 30.8 Å². The van der Waals surface area contributed by atoms with Gasteiger partial charge >= 0.3 is 0 Å². The molecule has 0 amide bonds. The van der Waals surface area contributed by atoms with Crippen LogP contribution in [0.4, 0.5) is 0 Å². The first-order chi connectivity index (χ1) is 10.3. The van der Waals surface area contributed by atoms with Gasteiger partial charge in [0.25, 0.3) is 0 Å². The Kier molecular flexibility index (Phi) is 4.61. The van der Waals surface area contributed by atoms with Gasteiger partial charge in [-0.25, -0.2) is 0 Å². The smallest absolute Gasteiger partial charge is 0.137 e. The highest BCUT2D eigenvalue weighted by Crippen LogP contribution is 2.40. The average molecular weight is 347 g/mol. The summed E-state index contributed by atoms with van der Waals surface area (Å²) >= 11 is 3.70. The molecule has 2 aromatic carbocycles. The lowest BCUT2D eigenvalue weighted by atomic mass is 10.1. The molecule has 2 nitrogen and oxygen atoms in total. The second kappa shape index (κ2) is 6.63. The molecular formula is C18H19BrO2. The van der Waals surface area contributed by atoms with Crippen molar-refractivity contribution in [1.29, 1.82) is 0 Å². The molecule has 0 atom stereocenters. The first-order valence-corrected chi connectivity index (χ1v) is 8.07. The Morgan fingerprint density at radius 3 is 2.67 bits per heavy atom. The van der Waals surface area contributed by atoms with Crippen molar-refractivity contribution < 1.29 is 9.47 Å². The van der Waals surface area contributed by atoms with Crippen molar-refractivity contribution in [1.82, 2.24) is 0 Å². The third-order valence-electron chi connectivity index (χ3n) is 3.89. The minimum absolute atomic E-state index is 0.600. The van der Waals surface area contributed by atoms with Gasteiger partial charge in [0.15, 0.2) is 0 Å². The number of hydrogen-bond acceptors (Lipinski definition) is 2. The van der Waals surface area contributed by atoms with Crippen LogP contribution < -0.4 is 4.74 Å². The van der Waals surface area contributed by atoms with Gasteiger partial charge in [-0.1, -0.05) is 36.4 Å². The lowest BCUT2D eigenvalue weighted by molar-refractivity contribution is 0.183. The summed E-state index contributed by atoms with van der Waals surface area (Å²) in [5.74, 6) is 1.00. The lowest BCUT2D eigenvalue weighted by Gasteiger charge is -2.16. The van der Waals surface area contributed by atoms with E-state index in [-0.39, 0.29) is 0 Å². The second-order valence-electron chi connectivity index (χ2n) is 5.38. The Morgan fingerprint density at radius 2 is 1.90 bits per heavy atom. The zero-order chi connectivity index (χ0) is 14.7. The van der Waals surface area contributed by atoms with Gasteiger partial charge in [-0.05, 0) is 57.4 Å². The van der Waals surface area contributed by atoms with Gasteiger partial charge < -0.3 is 9.47 Å². The first-order valence-electron chi connectivity index (χ1n) is 7.28. The van der Waals surface area contributed by atoms with Crippen LogP contribution in [0.25, 0.3) is 0 Å². The van der Waals surface area contributed by atoms with Crippen LogP contribution in [-0.4, -0.2) is 7.11 Å². The zero-order valence-electron chi connectivity index (χ0n) is 12.2. The highest BCUT2D eigenvalue weighted by atomic mass is 79.9. The summed E-state index contributed by atoms with van der Waals surface area (Å²) in [5.41, 5.74) is 5.13. The second-order valence-corrected chi connectivity index (χ2v) is 6.17. The van der Waals surface area contributed by atoms with E-state index in [1.54, 1.807) is 7.11 Å². The highest BCUT2D eigenvalue weighted by molar-refractivity contribution is 9.10. The van der Waals surface area contributed by atoms with Crippen molar-refractivity contribution in [2.75, 3.05) is 7.11 Å². The Morgan fingerprint density at radius 1 is 1.10 bits per heavy atom. The van der Waals surface area contributed by atoms with E-state index < -0.39 is 0 Å². The van der Waals surface area contributed by atoms with Crippen molar-refractivity contribution in [3.05, 3.63) is 63.1 Å². The Balaban J connectivity index is 1.89. The average Bonchev–Trinajstić information content (AvgIpc) is 2.96. The van der Waals surface area contributed by atoms with Crippen LogP contribution in [0.1, 0.15) is 28.7 Å². The van der Waals surface area contributed by atoms with E-state index in [0.717, 1.165) is 23.1 Å². The normalized spacial score (nSPS) is 13.2. The third-order valence-corrected chi connectivity index (χ3v) is 4.76. The molecular weight excluding hydrogens is 328 g/mol. The molecule has 1 aliphatic rings. The largest absolute Gasteiger partial charge is 0.487 e. The Bertz CT molecular complexity index is 623. The molecule has 21 heavy (non-hydrogen) atoms. The maximum Gasteiger partial charge on any atom is 0.137 e. The summed E-state index contributed by atoms with van der Waals surface area (Å²) in [6, 6.07) is 12.5. The van der Waals surface area contributed by atoms with Gasteiger partial charge in [-0.15, -0.1) is 0 Å². The third kappa shape index (κ3) is 3.14. The molecule has 0 heterocycles. The number of rotatable bonds is 5. The standard InChI is InChI=1S/C18H19BrO2/c1-20-12-15-10-14-8-5-9-16(14)18(17(15)19)21-11-13-6-3-2-4-7-13/h2-4,6-7,10H,5,8-9,11-12H2,1H3. The molecule has 110 valence electrons. The zero-order valence-corrected chi connectivity index (χ0v) is 13.8. The fourth-order valence-corrected chi connectivity index (χ4v) is 3.46. The first kappa shape index (κ1) is 14.6. The molecule has 0 N–H and O–H groups in total. The molecule has 0 spiro atoms. The van der Waals surface area contributed by atoms with Gasteiger partial charge in [0.1, 0.15) is 12.4 Å². The number of methoxy groups -OCH3 is 1. The molecule has 0 aromatic heterocycles. The molecule has 0 saturated carbocycles. The maximum absolute atomic E-state index is 6.15. The molecule has 1 aliphatic carbocycles. The molecule has 3 rings (SSSR count). The summed E-state index contributed by atoms with van der Waals surface area (Å²) in [4.78, 5) is 0. The van der Waals surface area contributed by atoms with E-state index in [0.29, 0.717) is 13.2 Å². The maximum atomic E-state index is 6.15.